The molecule has 1 unspecified atom stereocenters. The molecule has 2 heterocycles. The first kappa shape index (κ1) is 12.4. The van der Waals surface area contributed by atoms with Crippen molar-refractivity contribution in [2.75, 3.05) is 13.2 Å². The fourth-order valence-electron chi connectivity index (χ4n) is 2.28. The first-order chi connectivity index (χ1) is 9.31. The van der Waals surface area contributed by atoms with Gasteiger partial charge in [0.1, 0.15) is 0 Å². The molecule has 0 saturated carbocycles. The van der Waals surface area contributed by atoms with Gasteiger partial charge in [-0.05, 0) is 25.3 Å². The highest BCUT2D eigenvalue weighted by Crippen LogP contribution is 2.22. The van der Waals surface area contributed by atoms with E-state index < -0.39 is 0 Å². The number of rotatable bonds is 4. The van der Waals surface area contributed by atoms with Gasteiger partial charge in [-0.2, -0.15) is 4.98 Å². The van der Waals surface area contributed by atoms with Crippen LogP contribution in [0.5, 0.6) is 0 Å². The van der Waals surface area contributed by atoms with Gasteiger partial charge in [-0.15, -0.1) is 0 Å². The Morgan fingerprint density at radius 1 is 1.21 bits per heavy atom. The van der Waals surface area contributed by atoms with E-state index in [9.17, 15) is 0 Å². The molecule has 1 aliphatic rings. The molecule has 1 fully saturated rings. The first-order valence-electron chi connectivity index (χ1n) is 6.77. The van der Waals surface area contributed by atoms with E-state index in [4.69, 9.17) is 9.26 Å². The van der Waals surface area contributed by atoms with Crippen LogP contribution in [0.2, 0.25) is 0 Å². The number of hydrogen-bond donors (Lipinski definition) is 0. The molecule has 1 aliphatic heterocycles. The molecule has 1 saturated heterocycles. The molecule has 0 N–H and O–H groups in total. The Hall–Kier alpha value is -1.68. The van der Waals surface area contributed by atoms with Gasteiger partial charge in [0.25, 0.3) is 0 Å². The number of benzene rings is 1. The maximum absolute atomic E-state index is 5.34. The maximum Gasteiger partial charge on any atom is 0.226 e. The Balaban J connectivity index is 1.59. The Morgan fingerprint density at radius 3 is 2.79 bits per heavy atom. The van der Waals surface area contributed by atoms with Gasteiger partial charge < -0.3 is 9.26 Å². The van der Waals surface area contributed by atoms with Gasteiger partial charge in [0.05, 0.1) is 6.61 Å². The first-order valence-corrected chi connectivity index (χ1v) is 6.77. The van der Waals surface area contributed by atoms with Crippen LogP contribution < -0.4 is 0 Å². The Bertz CT molecular complexity index is 527. The topological polar surface area (TPSA) is 48.2 Å². The molecule has 0 bridgehead atoms. The Labute approximate surface area is 112 Å². The minimum absolute atomic E-state index is 0.317. The second-order valence-corrected chi connectivity index (χ2v) is 5.09. The van der Waals surface area contributed by atoms with Crippen molar-refractivity contribution in [2.24, 2.45) is 0 Å². The van der Waals surface area contributed by atoms with Crippen molar-refractivity contribution in [1.29, 1.82) is 0 Å². The highest BCUT2D eigenvalue weighted by molar-refractivity contribution is 5.21. The summed E-state index contributed by atoms with van der Waals surface area (Å²) in [5, 5.41) is 4.06. The average Bonchev–Trinajstić information content (AvgIpc) is 3.09. The highest BCUT2D eigenvalue weighted by Gasteiger charge is 2.22. The zero-order chi connectivity index (χ0) is 13.1. The summed E-state index contributed by atoms with van der Waals surface area (Å²) in [7, 11) is 0. The highest BCUT2D eigenvalue weighted by atomic mass is 16.5. The minimum atomic E-state index is 0.317. The lowest BCUT2D eigenvalue weighted by atomic mass is 10.1. The molecule has 19 heavy (non-hydrogen) atoms. The van der Waals surface area contributed by atoms with Gasteiger partial charge >= 0.3 is 0 Å². The fourth-order valence-corrected chi connectivity index (χ4v) is 2.28. The average molecular weight is 258 g/mol. The van der Waals surface area contributed by atoms with Crippen molar-refractivity contribution >= 4 is 0 Å². The molecule has 0 aliphatic carbocycles. The van der Waals surface area contributed by atoms with E-state index >= 15 is 0 Å². The molecular weight excluding hydrogens is 240 g/mol. The van der Waals surface area contributed by atoms with Gasteiger partial charge in [0.15, 0.2) is 5.82 Å². The largest absolute Gasteiger partial charge is 0.381 e. The smallest absolute Gasteiger partial charge is 0.226 e. The van der Waals surface area contributed by atoms with E-state index in [1.165, 1.54) is 11.1 Å². The Kier molecular flexibility index (Phi) is 3.60. The van der Waals surface area contributed by atoms with Crippen LogP contribution in [0, 0.1) is 6.92 Å². The molecule has 100 valence electrons. The zero-order valence-electron chi connectivity index (χ0n) is 11.1. The molecule has 0 radical (unpaired) electrons. The fraction of sp³-hybridized carbons (Fsp3) is 0.467. The zero-order valence-corrected chi connectivity index (χ0v) is 11.1. The summed E-state index contributed by atoms with van der Waals surface area (Å²) in [5.74, 6) is 1.84. The quantitative estimate of drug-likeness (QED) is 0.846. The summed E-state index contributed by atoms with van der Waals surface area (Å²) in [6.07, 6.45) is 2.73. The van der Waals surface area contributed by atoms with E-state index in [2.05, 4.69) is 41.3 Å². The normalized spacial score (nSPS) is 18.9. The molecule has 1 atom stereocenters. The second-order valence-electron chi connectivity index (χ2n) is 5.09. The van der Waals surface area contributed by atoms with Crippen molar-refractivity contribution < 1.29 is 9.26 Å². The monoisotopic (exact) mass is 258 g/mol. The van der Waals surface area contributed by atoms with E-state index in [0.717, 1.165) is 44.2 Å². The predicted molar refractivity (Wildman–Crippen MR) is 71.1 cm³/mol. The lowest BCUT2D eigenvalue weighted by Gasteiger charge is -1.99. The minimum Gasteiger partial charge on any atom is -0.381 e. The molecule has 1 aromatic heterocycles. The van der Waals surface area contributed by atoms with E-state index in [1.807, 2.05) is 0 Å². The number of nitrogens with zero attached hydrogens (tertiary/aromatic N) is 2. The van der Waals surface area contributed by atoms with Gasteiger partial charge in [0.2, 0.25) is 5.89 Å². The maximum atomic E-state index is 5.34. The van der Waals surface area contributed by atoms with Crippen molar-refractivity contribution in [2.45, 2.75) is 32.1 Å². The van der Waals surface area contributed by atoms with Crippen molar-refractivity contribution in [3.8, 4) is 0 Å². The molecule has 0 amide bonds. The van der Waals surface area contributed by atoms with Crippen molar-refractivity contribution in [3.63, 3.8) is 0 Å². The molecule has 3 rings (SSSR count). The third kappa shape index (κ3) is 3.01. The van der Waals surface area contributed by atoms with Crippen LogP contribution in [0.4, 0.5) is 0 Å². The summed E-state index contributed by atoms with van der Waals surface area (Å²) in [5.41, 5.74) is 2.58. The van der Waals surface area contributed by atoms with Gasteiger partial charge in [0, 0.05) is 18.9 Å². The van der Waals surface area contributed by atoms with Crippen LogP contribution in [-0.4, -0.2) is 23.4 Å². The lowest BCUT2D eigenvalue weighted by Crippen LogP contribution is -2.00. The third-order valence-electron chi connectivity index (χ3n) is 3.53. The summed E-state index contributed by atoms with van der Waals surface area (Å²) in [4.78, 5) is 4.47. The summed E-state index contributed by atoms with van der Waals surface area (Å²) in [6, 6.07) is 8.56. The van der Waals surface area contributed by atoms with Gasteiger partial charge in [-0.1, -0.05) is 35.0 Å². The van der Waals surface area contributed by atoms with Crippen LogP contribution in [-0.2, 0) is 17.6 Å². The van der Waals surface area contributed by atoms with Crippen LogP contribution >= 0.6 is 0 Å². The van der Waals surface area contributed by atoms with Gasteiger partial charge in [-0.25, -0.2) is 0 Å². The molecule has 1 aromatic carbocycles. The molecule has 4 nitrogen and oxygen atoms in total. The number of hydrogen-bond acceptors (Lipinski definition) is 4. The van der Waals surface area contributed by atoms with Crippen LogP contribution in [0.3, 0.4) is 0 Å². The third-order valence-corrected chi connectivity index (χ3v) is 3.53. The van der Waals surface area contributed by atoms with E-state index in [-0.39, 0.29) is 0 Å². The van der Waals surface area contributed by atoms with Gasteiger partial charge in [-0.3, -0.25) is 0 Å². The number of aromatic nitrogens is 2. The van der Waals surface area contributed by atoms with Crippen molar-refractivity contribution in [3.05, 3.63) is 47.1 Å². The number of ether oxygens (including phenoxy) is 1. The van der Waals surface area contributed by atoms with Crippen LogP contribution in [0.25, 0.3) is 0 Å². The molecule has 4 heteroatoms. The van der Waals surface area contributed by atoms with Crippen LogP contribution in [0.1, 0.15) is 35.2 Å². The second kappa shape index (κ2) is 5.53. The van der Waals surface area contributed by atoms with E-state index in [1.54, 1.807) is 0 Å². The molecular formula is C15H18N2O2. The molecule has 0 spiro atoms. The predicted octanol–water partition coefficient (Wildman–Crippen LogP) is 2.67. The SMILES string of the molecule is Cc1ccc(CCc2nc(C3CCOC3)no2)cc1. The lowest BCUT2D eigenvalue weighted by molar-refractivity contribution is 0.192. The van der Waals surface area contributed by atoms with Crippen molar-refractivity contribution in [1.82, 2.24) is 10.1 Å². The number of aryl methyl sites for hydroxylation is 3. The molecule has 2 aromatic rings. The summed E-state index contributed by atoms with van der Waals surface area (Å²) < 4.78 is 10.6. The van der Waals surface area contributed by atoms with Crippen LogP contribution in [0.15, 0.2) is 28.8 Å². The summed E-state index contributed by atoms with van der Waals surface area (Å²) in [6.45, 7) is 3.62. The summed E-state index contributed by atoms with van der Waals surface area (Å²) >= 11 is 0. The standard InChI is InChI=1S/C15H18N2O2/c1-11-2-4-12(5-3-11)6-7-14-16-15(17-19-14)13-8-9-18-10-13/h2-5,13H,6-10H2,1H3. The Morgan fingerprint density at radius 2 is 2.05 bits per heavy atom. The van der Waals surface area contributed by atoms with E-state index in [0.29, 0.717) is 5.92 Å².